The van der Waals surface area contributed by atoms with E-state index in [0.29, 0.717) is 0 Å². The van der Waals surface area contributed by atoms with Gasteiger partial charge < -0.3 is 0 Å². The van der Waals surface area contributed by atoms with Gasteiger partial charge in [0.1, 0.15) is 0 Å². The molecule has 0 bridgehead atoms. The van der Waals surface area contributed by atoms with Crippen LogP contribution in [0.3, 0.4) is 0 Å². The third-order valence-electron chi connectivity index (χ3n) is 0. The smallest absolute Gasteiger partial charge is 0 e. The Morgan fingerprint density at radius 1 is 1.25 bits per heavy atom. The van der Waals surface area contributed by atoms with Gasteiger partial charge in [-0.15, -0.1) is 0 Å². The summed E-state index contributed by atoms with van der Waals surface area (Å²) in [6.45, 7) is 0. The van der Waals surface area contributed by atoms with Gasteiger partial charge in [0.2, 0.25) is 0 Å². The molecule has 0 heterocycles. The van der Waals surface area contributed by atoms with Crippen molar-refractivity contribution in [3.8, 4) is 0 Å². The first kappa shape index (κ1) is 9.27. The van der Waals surface area contributed by atoms with Gasteiger partial charge in [-0.1, -0.05) is 0 Å². The minimum absolute atomic E-state index is 0. The fourth-order valence-electron chi connectivity index (χ4n) is 0. The Morgan fingerprint density at radius 3 is 1.25 bits per heavy atom. The first-order chi connectivity index (χ1) is 1.41. The van der Waals surface area contributed by atoms with Crippen molar-refractivity contribution in [3.05, 3.63) is 0 Å². The van der Waals surface area contributed by atoms with Gasteiger partial charge in [0.15, 0.2) is 0 Å². The second-order valence-electron chi connectivity index (χ2n) is 0.101. The molecule has 0 saturated carbocycles. The molecule has 0 amide bonds. The van der Waals surface area contributed by atoms with E-state index in [0.717, 1.165) is 0 Å². The molecule has 18 valence electrons. The predicted octanol–water partition coefficient (Wildman–Crippen LogP) is 1.37. The van der Waals surface area contributed by atoms with Crippen LogP contribution in [0.2, 0.25) is 0 Å². The van der Waals surface area contributed by atoms with E-state index in [9.17, 15) is 0 Å². The van der Waals surface area contributed by atoms with Gasteiger partial charge in [-0.2, -0.15) is 0 Å². The largest absolute Gasteiger partial charge is 0 e. The van der Waals surface area contributed by atoms with Crippen LogP contribution in [-0.2, 0) is 34.6 Å². The quantitative estimate of drug-likeness (QED) is 0.520. The van der Waals surface area contributed by atoms with E-state index in [1.165, 1.54) is 0 Å². The summed E-state index contributed by atoms with van der Waals surface area (Å²) in [5.41, 5.74) is 0. The van der Waals surface area contributed by atoms with E-state index in [-0.39, 0.29) is 19.5 Å². The maximum absolute atomic E-state index is 4.95. The van der Waals surface area contributed by atoms with E-state index in [2.05, 4.69) is 0 Å². The van der Waals surface area contributed by atoms with Crippen LogP contribution in [0.1, 0.15) is 0 Å². The fraction of sp³-hybridized carbons (Fsp3) is 0. The molecule has 0 unspecified atom stereocenters. The summed E-state index contributed by atoms with van der Waals surface area (Å²) in [7, 11) is 9.90. The summed E-state index contributed by atoms with van der Waals surface area (Å²) in [5, 5.41) is 0. The van der Waals surface area contributed by atoms with Crippen LogP contribution >= 0.6 is 19.4 Å². The van der Waals surface area contributed by atoms with Gasteiger partial charge in [-0.25, -0.2) is 0 Å². The zero-order valence-corrected chi connectivity index (χ0v) is 9.62. The summed E-state index contributed by atoms with van der Waals surface area (Å²) in [4.78, 5) is 0. The molecule has 0 saturated heterocycles. The molecule has 0 aromatic carbocycles. The zero-order valence-electron chi connectivity index (χ0n) is 2.17. The van der Waals surface area contributed by atoms with Crippen molar-refractivity contribution in [2.45, 2.75) is 0 Å². The molecule has 4 heavy (non-hydrogen) atoms. The zero-order chi connectivity index (χ0) is 2.71. The van der Waals surface area contributed by atoms with Crippen LogP contribution in [0, 0.1) is 0 Å². The molecule has 0 aromatic rings. The fourth-order valence-corrected chi connectivity index (χ4v) is 0. The molecule has 0 aromatic heterocycles. The van der Waals surface area contributed by atoms with E-state index >= 15 is 0 Å². The molecular formula is Cl2Zn2. The Bertz CT molecular complexity index is 4.00. The number of halogens is 2. The molecule has 0 rings (SSSR count). The van der Waals surface area contributed by atoms with Crippen LogP contribution in [-0.4, -0.2) is 0 Å². The van der Waals surface area contributed by atoms with Gasteiger partial charge in [-0.3, -0.25) is 0 Å². The van der Waals surface area contributed by atoms with Gasteiger partial charge in [0.05, 0.1) is 0 Å². The van der Waals surface area contributed by atoms with Gasteiger partial charge in [0, 0.05) is 19.5 Å². The molecule has 0 atom stereocenters. The Kier molecular flexibility index (Phi) is 20.5. The van der Waals surface area contributed by atoms with E-state index < -0.39 is 15.1 Å². The number of rotatable bonds is 0. The Labute approximate surface area is 53.7 Å². The van der Waals surface area contributed by atoms with E-state index in [4.69, 9.17) is 19.4 Å². The van der Waals surface area contributed by atoms with Crippen molar-refractivity contribution in [1.82, 2.24) is 0 Å². The number of hydrogen-bond acceptors (Lipinski definition) is 0. The number of hydrogen-bond donors (Lipinski definition) is 0. The maximum atomic E-state index is 4.95. The predicted molar refractivity (Wildman–Crippen MR) is 11.7 cm³/mol. The summed E-state index contributed by atoms with van der Waals surface area (Å²) in [6, 6.07) is 0. The van der Waals surface area contributed by atoms with Crippen molar-refractivity contribution >= 4 is 19.4 Å². The maximum Gasteiger partial charge on any atom is 0 e. The summed E-state index contributed by atoms with van der Waals surface area (Å²) in [6.07, 6.45) is 0. The SMILES string of the molecule is [Cl][Zn][Cl].[Zn]. The Morgan fingerprint density at radius 2 is 1.25 bits per heavy atom. The molecule has 0 nitrogen and oxygen atoms in total. The van der Waals surface area contributed by atoms with Crippen LogP contribution in [0.5, 0.6) is 0 Å². The topological polar surface area (TPSA) is 0 Å². The molecule has 0 aliphatic carbocycles. The third kappa shape index (κ3) is 9.16. The van der Waals surface area contributed by atoms with Crippen LogP contribution in [0.15, 0.2) is 0 Å². The molecule has 0 radical (unpaired) electrons. The van der Waals surface area contributed by atoms with Crippen LogP contribution in [0.25, 0.3) is 0 Å². The van der Waals surface area contributed by atoms with E-state index in [1.807, 2.05) is 0 Å². The van der Waals surface area contributed by atoms with Crippen molar-refractivity contribution in [2.75, 3.05) is 0 Å². The molecule has 4 heteroatoms. The first-order valence-electron chi connectivity index (χ1n) is 0.535. The Balaban J connectivity index is 0. The summed E-state index contributed by atoms with van der Waals surface area (Å²) >= 11 is -0.931. The minimum atomic E-state index is -0.931. The third-order valence-corrected chi connectivity index (χ3v) is 0. The second-order valence-corrected chi connectivity index (χ2v) is 4.72. The molecule has 0 aliphatic rings. The first-order valence-corrected chi connectivity index (χ1v) is 8.33. The standard InChI is InChI=1S/2ClH.2Zn/h2*1H;;/q;;;+2/p-2. The van der Waals surface area contributed by atoms with E-state index in [1.54, 1.807) is 0 Å². The van der Waals surface area contributed by atoms with Crippen LogP contribution < -0.4 is 0 Å². The summed E-state index contributed by atoms with van der Waals surface area (Å²) in [5.74, 6) is 0. The van der Waals surface area contributed by atoms with Crippen molar-refractivity contribution < 1.29 is 34.6 Å². The summed E-state index contributed by atoms with van der Waals surface area (Å²) < 4.78 is 0. The normalized spacial score (nSPS) is 2.50. The van der Waals surface area contributed by atoms with Crippen molar-refractivity contribution in [3.63, 3.8) is 0 Å². The Hall–Kier alpha value is 1.83. The second kappa shape index (κ2) is 8.85. The molecule has 0 N–H and O–H groups in total. The van der Waals surface area contributed by atoms with Crippen molar-refractivity contribution in [2.24, 2.45) is 0 Å². The molecule has 0 spiro atoms. The average molecular weight is 202 g/mol. The van der Waals surface area contributed by atoms with Crippen LogP contribution in [0.4, 0.5) is 0 Å². The minimum Gasteiger partial charge on any atom is 0 e. The monoisotopic (exact) mass is 198 g/mol. The van der Waals surface area contributed by atoms with Gasteiger partial charge >= 0.3 is 34.5 Å². The van der Waals surface area contributed by atoms with Gasteiger partial charge in [0.25, 0.3) is 0 Å². The molecule has 0 aliphatic heterocycles. The van der Waals surface area contributed by atoms with Crippen molar-refractivity contribution in [1.29, 1.82) is 0 Å². The average Bonchev–Trinajstić information content (AvgIpc) is 0.918. The molecule has 0 fully saturated rings. The van der Waals surface area contributed by atoms with Gasteiger partial charge in [-0.05, 0) is 0 Å². The molecular weight excluding hydrogens is 202 g/mol.